The summed E-state index contributed by atoms with van der Waals surface area (Å²) in [6.45, 7) is 4.35. The molecule has 0 radical (unpaired) electrons. The average molecular weight is 460 g/mol. The first-order valence-corrected chi connectivity index (χ1v) is 11.0. The molecule has 2 aromatic rings. The monoisotopic (exact) mass is 459 g/mol. The molecule has 10 heteroatoms. The Morgan fingerprint density at radius 2 is 1.68 bits per heavy atom. The maximum absolute atomic E-state index is 12.5. The molecule has 0 aliphatic heterocycles. The molecule has 0 heterocycles. The Hall–Kier alpha value is -1.71. The van der Waals surface area contributed by atoms with Crippen molar-refractivity contribution in [3.63, 3.8) is 0 Å². The standard InChI is InChI=1S/C18H19Cl2N3O3S2/c1-3-23(4-2)28(25,26)14-8-6-13(7-9-14)21-18(27)22-17(24)15-10-5-12(19)11-16(15)20/h5-11H,3-4H2,1-2H3,(H2,21,22,24,27). The van der Waals surface area contributed by atoms with Crippen molar-refractivity contribution in [3.05, 3.63) is 58.1 Å². The maximum Gasteiger partial charge on any atom is 0.258 e. The lowest BCUT2D eigenvalue weighted by atomic mass is 10.2. The summed E-state index contributed by atoms with van der Waals surface area (Å²) in [5.74, 6) is -0.486. The zero-order valence-corrected chi connectivity index (χ0v) is 18.3. The van der Waals surface area contributed by atoms with Crippen LogP contribution in [0.25, 0.3) is 0 Å². The van der Waals surface area contributed by atoms with E-state index in [9.17, 15) is 13.2 Å². The molecule has 0 spiro atoms. The number of benzene rings is 2. The summed E-state index contributed by atoms with van der Waals surface area (Å²) in [5, 5.41) is 6.02. The van der Waals surface area contributed by atoms with Crippen molar-refractivity contribution in [1.29, 1.82) is 0 Å². The van der Waals surface area contributed by atoms with Crippen LogP contribution < -0.4 is 10.6 Å². The number of nitrogens with one attached hydrogen (secondary N) is 2. The normalized spacial score (nSPS) is 11.3. The molecular formula is C18H19Cl2N3O3S2. The second-order valence-electron chi connectivity index (χ2n) is 5.65. The minimum Gasteiger partial charge on any atom is -0.332 e. The molecule has 0 saturated heterocycles. The Morgan fingerprint density at radius 1 is 1.07 bits per heavy atom. The van der Waals surface area contributed by atoms with Gasteiger partial charge in [0.2, 0.25) is 10.0 Å². The molecule has 6 nitrogen and oxygen atoms in total. The highest BCUT2D eigenvalue weighted by Crippen LogP contribution is 2.21. The fraction of sp³-hybridized carbons (Fsp3) is 0.222. The van der Waals surface area contributed by atoms with Crippen LogP contribution in [0.4, 0.5) is 5.69 Å². The number of amides is 1. The molecule has 0 aliphatic rings. The summed E-state index contributed by atoms with van der Waals surface area (Å²) in [6, 6.07) is 10.6. The van der Waals surface area contributed by atoms with E-state index in [1.807, 2.05) is 0 Å². The van der Waals surface area contributed by atoms with Crippen LogP contribution in [-0.4, -0.2) is 36.8 Å². The van der Waals surface area contributed by atoms with Gasteiger partial charge in [0.05, 0.1) is 15.5 Å². The van der Waals surface area contributed by atoms with Gasteiger partial charge in [-0.2, -0.15) is 4.31 Å². The van der Waals surface area contributed by atoms with E-state index in [4.69, 9.17) is 35.4 Å². The van der Waals surface area contributed by atoms with Gasteiger partial charge in [-0.3, -0.25) is 10.1 Å². The van der Waals surface area contributed by atoms with Gasteiger partial charge in [0.15, 0.2) is 5.11 Å². The number of hydrogen-bond donors (Lipinski definition) is 2. The smallest absolute Gasteiger partial charge is 0.258 e. The zero-order valence-electron chi connectivity index (χ0n) is 15.2. The van der Waals surface area contributed by atoms with E-state index in [1.54, 1.807) is 32.0 Å². The second kappa shape index (κ2) is 9.67. The third kappa shape index (κ3) is 5.42. The van der Waals surface area contributed by atoms with E-state index >= 15 is 0 Å². The van der Waals surface area contributed by atoms with E-state index in [0.29, 0.717) is 23.8 Å². The van der Waals surface area contributed by atoms with E-state index in [1.165, 1.54) is 28.6 Å². The molecule has 0 atom stereocenters. The van der Waals surface area contributed by atoms with E-state index in [0.717, 1.165) is 0 Å². The van der Waals surface area contributed by atoms with Crippen LogP contribution in [0.1, 0.15) is 24.2 Å². The number of hydrogen-bond acceptors (Lipinski definition) is 4. The Morgan fingerprint density at radius 3 is 2.21 bits per heavy atom. The first kappa shape index (κ1) is 22.6. The van der Waals surface area contributed by atoms with Gasteiger partial charge >= 0.3 is 0 Å². The van der Waals surface area contributed by atoms with Gasteiger partial charge in [0.1, 0.15) is 0 Å². The molecule has 0 unspecified atom stereocenters. The van der Waals surface area contributed by atoms with Crippen molar-refractivity contribution in [2.24, 2.45) is 0 Å². The van der Waals surface area contributed by atoms with Gasteiger partial charge in [-0.1, -0.05) is 37.0 Å². The molecule has 0 bridgehead atoms. The van der Waals surface area contributed by atoms with Crippen molar-refractivity contribution >= 4 is 62.2 Å². The van der Waals surface area contributed by atoms with Gasteiger partial charge < -0.3 is 5.32 Å². The minimum atomic E-state index is -3.53. The highest BCUT2D eigenvalue weighted by atomic mass is 35.5. The van der Waals surface area contributed by atoms with Crippen molar-refractivity contribution in [3.8, 4) is 0 Å². The third-order valence-corrected chi connectivity index (χ3v) is 6.67. The number of anilines is 1. The molecule has 0 fully saturated rings. The fourth-order valence-electron chi connectivity index (χ4n) is 2.43. The Balaban J connectivity index is 2.06. The van der Waals surface area contributed by atoms with Crippen molar-refractivity contribution in [2.45, 2.75) is 18.7 Å². The number of nitrogens with zero attached hydrogens (tertiary/aromatic N) is 1. The number of carbonyl (C=O) groups is 1. The molecule has 1 amide bonds. The van der Waals surface area contributed by atoms with Crippen LogP contribution in [0.3, 0.4) is 0 Å². The molecule has 2 N–H and O–H groups in total. The third-order valence-electron chi connectivity index (χ3n) is 3.86. The highest BCUT2D eigenvalue weighted by molar-refractivity contribution is 7.89. The fourth-order valence-corrected chi connectivity index (χ4v) is 4.59. The van der Waals surface area contributed by atoms with Crippen LogP contribution in [0, 0.1) is 0 Å². The lowest BCUT2D eigenvalue weighted by Gasteiger charge is -2.18. The molecule has 0 aromatic heterocycles. The number of thiocarbonyl (C=S) groups is 1. The van der Waals surface area contributed by atoms with E-state index in [2.05, 4.69) is 10.6 Å². The minimum absolute atomic E-state index is 0.0513. The summed E-state index contributed by atoms with van der Waals surface area (Å²) in [5.41, 5.74) is 0.766. The number of sulfonamides is 1. The summed E-state index contributed by atoms with van der Waals surface area (Å²) in [4.78, 5) is 12.4. The summed E-state index contributed by atoms with van der Waals surface area (Å²) < 4.78 is 26.3. The number of rotatable bonds is 6. The quantitative estimate of drug-likeness (QED) is 0.634. The molecule has 2 rings (SSSR count). The predicted molar refractivity (Wildman–Crippen MR) is 117 cm³/mol. The first-order valence-electron chi connectivity index (χ1n) is 8.36. The Kier molecular flexibility index (Phi) is 7.79. The lowest BCUT2D eigenvalue weighted by Crippen LogP contribution is -2.34. The van der Waals surface area contributed by atoms with Crippen LogP contribution in [0.5, 0.6) is 0 Å². The maximum atomic E-state index is 12.5. The summed E-state index contributed by atoms with van der Waals surface area (Å²) >= 11 is 17.0. The Labute approximate surface area is 179 Å². The molecule has 0 aliphatic carbocycles. The average Bonchev–Trinajstić information content (AvgIpc) is 2.62. The van der Waals surface area contributed by atoms with Gasteiger partial charge in [0, 0.05) is 23.8 Å². The topological polar surface area (TPSA) is 78.5 Å². The number of carbonyl (C=O) groups excluding carboxylic acids is 1. The second-order valence-corrected chi connectivity index (χ2v) is 8.84. The highest BCUT2D eigenvalue weighted by Gasteiger charge is 2.21. The molecular weight excluding hydrogens is 441 g/mol. The van der Waals surface area contributed by atoms with Crippen molar-refractivity contribution in [1.82, 2.24) is 9.62 Å². The summed E-state index contributed by atoms with van der Waals surface area (Å²) in [6.07, 6.45) is 0. The zero-order chi connectivity index (χ0) is 20.9. The first-order chi connectivity index (χ1) is 13.2. The molecule has 0 saturated carbocycles. The van der Waals surface area contributed by atoms with Gasteiger partial charge in [0.25, 0.3) is 5.91 Å². The Bertz CT molecular complexity index is 976. The van der Waals surface area contributed by atoms with Crippen LogP contribution in [0.15, 0.2) is 47.4 Å². The predicted octanol–water partition coefficient (Wildman–Crippen LogP) is 4.15. The van der Waals surface area contributed by atoms with Gasteiger partial charge in [-0.25, -0.2) is 8.42 Å². The molecule has 150 valence electrons. The van der Waals surface area contributed by atoms with Crippen molar-refractivity contribution in [2.75, 3.05) is 18.4 Å². The summed E-state index contributed by atoms with van der Waals surface area (Å²) in [7, 11) is -3.53. The largest absolute Gasteiger partial charge is 0.332 e. The SMILES string of the molecule is CCN(CC)S(=O)(=O)c1ccc(NC(=S)NC(=O)c2ccc(Cl)cc2Cl)cc1. The molecule has 28 heavy (non-hydrogen) atoms. The van der Waals surface area contributed by atoms with Crippen LogP contribution >= 0.6 is 35.4 Å². The van der Waals surface area contributed by atoms with E-state index < -0.39 is 15.9 Å². The number of halogens is 2. The lowest BCUT2D eigenvalue weighted by molar-refractivity contribution is 0.0978. The van der Waals surface area contributed by atoms with Crippen LogP contribution in [0.2, 0.25) is 10.0 Å². The van der Waals surface area contributed by atoms with Gasteiger partial charge in [-0.05, 0) is 54.7 Å². The van der Waals surface area contributed by atoms with Gasteiger partial charge in [-0.15, -0.1) is 0 Å². The van der Waals surface area contributed by atoms with E-state index in [-0.39, 0.29) is 20.6 Å². The molecule has 2 aromatic carbocycles. The van der Waals surface area contributed by atoms with Crippen molar-refractivity contribution < 1.29 is 13.2 Å². The van der Waals surface area contributed by atoms with Crippen LogP contribution in [-0.2, 0) is 10.0 Å².